The molecule has 0 aliphatic rings. The van der Waals surface area contributed by atoms with Crippen molar-refractivity contribution in [3.8, 4) is 0 Å². The van der Waals surface area contributed by atoms with Crippen molar-refractivity contribution in [1.82, 2.24) is 9.38 Å². The van der Waals surface area contributed by atoms with E-state index in [-0.39, 0.29) is 0 Å². The number of aryl methyl sites for hydroxylation is 1. The summed E-state index contributed by atoms with van der Waals surface area (Å²) in [5.41, 5.74) is 4.82. The molecule has 0 aliphatic carbocycles. The van der Waals surface area contributed by atoms with E-state index in [0.717, 1.165) is 23.0 Å². The van der Waals surface area contributed by atoms with Crippen LogP contribution in [-0.2, 0) is 6.54 Å². The molecule has 1 N–H and O–H groups in total. The lowest BCUT2D eigenvalue weighted by molar-refractivity contribution is -0.638. The molecule has 0 bridgehead atoms. The van der Waals surface area contributed by atoms with E-state index in [1.165, 1.54) is 16.6 Å². The van der Waals surface area contributed by atoms with Crippen molar-refractivity contribution in [1.29, 1.82) is 0 Å². The minimum Gasteiger partial charge on any atom is -0.245 e. The molecule has 0 atom stereocenters. The van der Waals surface area contributed by atoms with Crippen LogP contribution in [0.3, 0.4) is 0 Å². The van der Waals surface area contributed by atoms with Crippen LogP contribution in [0.4, 0.5) is 0 Å². The van der Waals surface area contributed by atoms with Gasteiger partial charge in [0, 0.05) is 5.02 Å². The second-order valence-corrected chi connectivity index (χ2v) is 5.77. The molecule has 21 heavy (non-hydrogen) atoms. The summed E-state index contributed by atoms with van der Waals surface area (Å²) in [5.74, 6) is 1.10. The number of nitrogens with one attached hydrogen (secondary N) is 1. The summed E-state index contributed by atoms with van der Waals surface area (Å²) in [6, 6.07) is 16.5. The SMILES string of the molecule is Cc1cn2c3ccccc3[n+](Cc3ccc(Cl)cc3)c2[nH]1. The van der Waals surface area contributed by atoms with Crippen molar-refractivity contribution < 1.29 is 4.57 Å². The first-order valence-electron chi connectivity index (χ1n) is 6.95. The van der Waals surface area contributed by atoms with Crippen LogP contribution in [0, 0.1) is 6.92 Å². The zero-order chi connectivity index (χ0) is 14.4. The fourth-order valence-corrected chi connectivity index (χ4v) is 2.97. The fraction of sp³-hybridized carbons (Fsp3) is 0.118. The lowest BCUT2D eigenvalue weighted by Gasteiger charge is -2.01. The first-order valence-corrected chi connectivity index (χ1v) is 7.33. The van der Waals surface area contributed by atoms with Crippen molar-refractivity contribution in [3.63, 3.8) is 0 Å². The maximum Gasteiger partial charge on any atom is 0.368 e. The summed E-state index contributed by atoms with van der Waals surface area (Å²) in [7, 11) is 0. The molecule has 0 saturated heterocycles. The standard InChI is InChI=1S/C17H14ClN3/c1-12-10-20-15-4-2-3-5-16(15)21(17(20)19-12)11-13-6-8-14(18)9-7-13/h2-10H,11H2,1H3/p+1. The van der Waals surface area contributed by atoms with Crippen LogP contribution in [0.5, 0.6) is 0 Å². The summed E-state index contributed by atoms with van der Waals surface area (Å²) in [6.07, 6.45) is 2.13. The third kappa shape index (κ3) is 2.01. The average Bonchev–Trinajstić information content (AvgIpc) is 2.99. The molecule has 0 fully saturated rings. The first-order chi connectivity index (χ1) is 10.2. The van der Waals surface area contributed by atoms with E-state index >= 15 is 0 Å². The molecule has 0 unspecified atom stereocenters. The summed E-state index contributed by atoms with van der Waals surface area (Å²) in [4.78, 5) is 3.45. The molecule has 4 aromatic rings. The highest BCUT2D eigenvalue weighted by Gasteiger charge is 2.19. The Morgan fingerprint density at radius 1 is 1.10 bits per heavy atom. The maximum atomic E-state index is 5.97. The molecule has 2 heterocycles. The number of halogens is 1. The first kappa shape index (κ1) is 12.5. The largest absolute Gasteiger partial charge is 0.368 e. The number of para-hydroxylation sites is 2. The quantitative estimate of drug-likeness (QED) is 0.545. The van der Waals surface area contributed by atoms with Crippen LogP contribution >= 0.6 is 11.6 Å². The molecule has 0 aliphatic heterocycles. The van der Waals surface area contributed by atoms with E-state index in [4.69, 9.17) is 11.6 Å². The van der Waals surface area contributed by atoms with Gasteiger partial charge in [0.05, 0.1) is 6.54 Å². The number of H-pyrrole nitrogens is 1. The Morgan fingerprint density at radius 2 is 1.86 bits per heavy atom. The van der Waals surface area contributed by atoms with Gasteiger partial charge in [0.15, 0.2) is 0 Å². The van der Waals surface area contributed by atoms with Crippen LogP contribution in [-0.4, -0.2) is 9.38 Å². The molecule has 0 saturated carbocycles. The number of imidazole rings is 2. The smallest absolute Gasteiger partial charge is 0.245 e. The highest BCUT2D eigenvalue weighted by molar-refractivity contribution is 6.30. The van der Waals surface area contributed by atoms with Gasteiger partial charge in [-0.25, -0.2) is 9.55 Å². The van der Waals surface area contributed by atoms with E-state index in [1.807, 2.05) is 12.1 Å². The van der Waals surface area contributed by atoms with Crippen molar-refractivity contribution in [2.45, 2.75) is 13.5 Å². The minimum absolute atomic E-state index is 0.770. The minimum atomic E-state index is 0.770. The number of fused-ring (bicyclic) bond motifs is 3. The molecule has 0 spiro atoms. The maximum absolute atomic E-state index is 5.97. The molecule has 2 aromatic carbocycles. The van der Waals surface area contributed by atoms with Crippen LogP contribution in [0.15, 0.2) is 54.7 Å². The number of aromatic amines is 1. The van der Waals surface area contributed by atoms with Crippen LogP contribution in [0.1, 0.15) is 11.3 Å². The molecule has 0 radical (unpaired) electrons. The van der Waals surface area contributed by atoms with Gasteiger partial charge < -0.3 is 0 Å². The number of benzene rings is 2. The summed E-state index contributed by atoms with van der Waals surface area (Å²) >= 11 is 5.97. The van der Waals surface area contributed by atoms with E-state index < -0.39 is 0 Å². The molecule has 4 heteroatoms. The van der Waals surface area contributed by atoms with Gasteiger partial charge in [0.1, 0.15) is 22.9 Å². The highest BCUT2D eigenvalue weighted by atomic mass is 35.5. The zero-order valence-corrected chi connectivity index (χ0v) is 12.4. The molecular formula is C17H15ClN3+. The predicted octanol–water partition coefficient (Wildman–Crippen LogP) is 3.72. The summed E-state index contributed by atoms with van der Waals surface area (Å²) in [5, 5.41) is 0.770. The summed E-state index contributed by atoms with van der Waals surface area (Å²) in [6.45, 7) is 2.89. The van der Waals surface area contributed by atoms with Crippen LogP contribution in [0.2, 0.25) is 5.02 Å². The lowest BCUT2D eigenvalue weighted by atomic mass is 10.2. The van der Waals surface area contributed by atoms with Crippen molar-refractivity contribution in [3.05, 3.63) is 71.0 Å². The highest BCUT2D eigenvalue weighted by Crippen LogP contribution is 2.16. The Kier molecular flexibility index (Phi) is 2.76. The summed E-state index contributed by atoms with van der Waals surface area (Å²) < 4.78 is 4.51. The molecular weight excluding hydrogens is 282 g/mol. The normalized spacial score (nSPS) is 11.5. The van der Waals surface area contributed by atoms with Gasteiger partial charge in [0.2, 0.25) is 0 Å². The van der Waals surface area contributed by atoms with Gasteiger partial charge in [-0.15, -0.1) is 0 Å². The van der Waals surface area contributed by atoms with Gasteiger partial charge in [-0.05, 0) is 36.8 Å². The monoisotopic (exact) mass is 296 g/mol. The molecule has 4 rings (SSSR count). The second-order valence-electron chi connectivity index (χ2n) is 5.33. The number of rotatable bonds is 2. The van der Waals surface area contributed by atoms with E-state index in [9.17, 15) is 0 Å². The van der Waals surface area contributed by atoms with Gasteiger partial charge in [-0.3, -0.25) is 0 Å². The van der Waals surface area contributed by atoms with Gasteiger partial charge in [0.25, 0.3) is 0 Å². The molecule has 3 nitrogen and oxygen atoms in total. The van der Waals surface area contributed by atoms with E-state index in [0.29, 0.717) is 0 Å². The predicted molar refractivity (Wildman–Crippen MR) is 84.7 cm³/mol. The fourth-order valence-electron chi connectivity index (χ4n) is 2.85. The van der Waals surface area contributed by atoms with Gasteiger partial charge >= 0.3 is 5.78 Å². The number of aromatic nitrogens is 3. The topological polar surface area (TPSA) is 24.1 Å². The third-order valence-corrected chi connectivity index (χ3v) is 4.05. The molecule has 104 valence electrons. The Balaban J connectivity index is 1.94. The van der Waals surface area contributed by atoms with Gasteiger partial charge in [-0.2, -0.15) is 4.40 Å². The Bertz CT molecular complexity index is 932. The number of hydrogen-bond acceptors (Lipinski definition) is 0. The molecule has 0 amide bonds. The van der Waals surface area contributed by atoms with Crippen LogP contribution < -0.4 is 4.57 Å². The van der Waals surface area contributed by atoms with Gasteiger partial charge in [-0.1, -0.05) is 35.9 Å². The van der Waals surface area contributed by atoms with Crippen LogP contribution in [0.25, 0.3) is 16.8 Å². The Morgan fingerprint density at radius 3 is 2.67 bits per heavy atom. The number of hydrogen-bond donors (Lipinski definition) is 1. The van der Waals surface area contributed by atoms with Crippen molar-refractivity contribution in [2.75, 3.05) is 0 Å². The number of nitrogens with zero attached hydrogens (tertiary/aromatic N) is 2. The lowest BCUT2D eigenvalue weighted by Crippen LogP contribution is -2.34. The van der Waals surface area contributed by atoms with E-state index in [2.05, 4.69) is 63.5 Å². The Hall–Kier alpha value is -2.26. The Labute approximate surface area is 127 Å². The average molecular weight is 297 g/mol. The van der Waals surface area contributed by atoms with Crippen molar-refractivity contribution >= 4 is 28.4 Å². The van der Waals surface area contributed by atoms with E-state index in [1.54, 1.807) is 0 Å². The van der Waals surface area contributed by atoms with Crippen molar-refractivity contribution in [2.24, 2.45) is 0 Å². The molecule has 2 aromatic heterocycles. The third-order valence-electron chi connectivity index (χ3n) is 3.80. The second kappa shape index (κ2) is 4.64. The zero-order valence-electron chi connectivity index (χ0n) is 11.7.